The molecule has 7 aromatic carbocycles. The minimum Gasteiger partial charge on any atom is -0.456 e. The van der Waals surface area contributed by atoms with Crippen LogP contribution >= 0.6 is 0 Å². The fourth-order valence-corrected chi connectivity index (χ4v) is 12.5. The molecular formula is C42H29NOSi. The molecule has 9 rings (SSSR count). The number of fused-ring (bicyclic) bond motifs is 6. The third kappa shape index (κ3) is 3.81. The van der Waals surface area contributed by atoms with E-state index in [0.717, 1.165) is 22.2 Å². The van der Waals surface area contributed by atoms with Crippen LogP contribution in [-0.4, -0.2) is 12.6 Å². The molecule has 2 nitrogen and oxygen atoms in total. The van der Waals surface area contributed by atoms with E-state index < -0.39 is 8.07 Å². The predicted molar refractivity (Wildman–Crippen MR) is 192 cm³/mol. The first-order chi connectivity index (χ1) is 22.3. The number of benzene rings is 7. The zero-order valence-corrected chi connectivity index (χ0v) is 25.6. The molecule has 212 valence electrons. The first-order valence-corrected chi connectivity index (χ1v) is 17.4. The lowest BCUT2D eigenvalue weighted by molar-refractivity contribution is 0.669. The van der Waals surface area contributed by atoms with Crippen molar-refractivity contribution < 1.29 is 4.42 Å². The first kappa shape index (κ1) is 25.8. The molecule has 0 spiro atoms. The number of nitrogens with zero attached hydrogens (tertiary/aromatic N) is 1. The van der Waals surface area contributed by atoms with Crippen LogP contribution in [0.3, 0.4) is 0 Å². The highest BCUT2D eigenvalue weighted by Gasteiger charge is 2.43. The maximum absolute atomic E-state index is 6.49. The molecule has 0 bridgehead atoms. The molecule has 9 aromatic rings. The fraction of sp³-hybridized carbons (Fsp3) is 0. The summed E-state index contributed by atoms with van der Waals surface area (Å²) in [7, 11) is -2.90. The molecular weight excluding hydrogens is 563 g/mol. The number of para-hydroxylation sites is 3. The van der Waals surface area contributed by atoms with E-state index in [-0.39, 0.29) is 0 Å². The summed E-state index contributed by atoms with van der Waals surface area (Å²) < 4.78 is 8.92. The second-order valence-corrected chi connectivity index (χ2v) is 15.4. The number of aromatic nitrogens is 1. The van der Waals surface area contributed by atoms with E-state index >= 15 is 0 Å². The van der Waals surface area contributed by atoms with Gasteiger partial charge in [0.2, 0.25) is 0 Å². The highest BCUT2D eigenvalue weighted by atomic mass is 28.3. The molecule has 2 aromatic heterocycles. The fourth-order valence-electron chi connectivity index (χ4n) is 7.51. The molecule has 0 unspecified atom stereocenters. The van der Waals surface area contributed by atoms with Gasteiger partial charge >= 0.3 is 0 Å². The molecule has 45 heavy (non-hydrogen) atoms. The Balaban J connectivity index is 1.44. The van der Waals surface area contributed by atoms with E-state index in [9.17, 15) is 0 Å². The zero-order chi connectivity index (χ0) is 29.8. The van der Waals surface area contributed by atoms with E-state index in [0.29, 0.717) is 0 Å². The summed E-state index contributed by atoms with van der Waals surface area (Å²) in [6.45, 7) is 0. The molecule has 0 saturated carbocycles. The highest BCUT2D eigenvalue weighted by molar-refractivity contribution is 7.20. The van der Waals surface area contributed by atoms with Crippen LogP contribution in [0.15, 0.2) is 180 Å². The van der Waals surface area contributed by atoms with Crippen LogP contribution in [-0.2, 0) is 0 Å². The Hall–Kier alpha value is -5.64. The lowest BCUT2D eigenvalue weighted by Crippen LogP contribution is -2.74. The molecule has 2 heterocycles. The lowest BCUT2D eigenvalue weighted by Gasteiger charge is -2.35. The Kier molecular flexibility index (Phi) is 5.87. The van der Waals surface area contributed by atoms with Crippen molar-refractivity contribution in [1.82, 2.24) is 4.57 Å². The van der Waals surface area contributed by atoms with Crippen molar-refractivity contribution in [3.05, 3.63) is 176 Å². The molecule has 0 fully saturated rings. The van der Waals surface area contributed by atoms with E-state index in [1.54, 1.807) is 0 Å². The summed E-state index contributed by atoms with van der Waals surface area (Å²) in [5, 5.41) is 10.2. The van der Waals surface area contributed by atoms with Crippen molar-refractivity contribution >= 4 is 72.6 Å². The van der Waals surface area contributed by atoms with E-state index in [1.807, 2.05) is 0 Å². The molecule has 0 aliphatic rings. The summed E-state index contributed by atoms with van der Waals surface area (Å²) >= 11 is 0. The van der Waals surface area contributed by atoms with Crippen molar-refractivity contribution in [2.45, 2.75) is 0 Å². The normalized spacial score (nSPS) is 12.0. The van der Waals surface area contributed by atoms with Crippen molar-refractivity contribution in [3.63, 3.8) is 0 Å². The number of hydrogen-bond acceptors (Lipinski definition) is 1. The van der Waals surface area contributed by atoms with Gasteiger partial charge in [0.05, 0.1) is 11.0 Å². The average Bonchev–Trinajstić information content (AvgIpc) is 3.66. The average molecular weight is 592 g/mol. The van der Waals surface area contributed by atoms with Crippen molar-refractivity contribution in [2.24, 2.45) is 0 Å². The van der Waals surface area contributed by atoms with Gasteiger partial charge in [0.15, 0.2) is 8.07 Å². The second kappa shape index (κ2) is 10.2. The number of furan rings is 1. The summed E-state index contributed by atoms with van der Waals surface area (Å²) in [4.78, 5) is 0. The summed E-state index contributed by atoms with van der Waals surface area (Å²) in [5.74, 6) is 0. The summed E-state index contributed by atoms with van der Waals surface area (Å²) in [6.07, 6.45) is 0. The van der Waals surface area contributed by atoms with Gasteiger partial charge in [-0.05, 0) is 57.1 Å². The Bertz CT molecular complexity index is 2400. The van der Waals surface area contributed by atoms with Gasteiger partial charge in [0.25, 0.3) is 0 Å². The van der Waals surface area contributed by atoms with Gasteiger partial charge in [0.1, 0.15) is 11.2 Å². The monoisotopic (exact) mass is 591 g/mol. The largest absolute Gasteiger partial charge is 0.456 e. The highest BCUT2D eigenvalue weighted by Crippen LogP contribution is 2.32. The van der Waals surface area contributed by atoms with E-state index in [2.05, 4.69) is 180 Å². The van der Waals surface area contributed by atoms with Crippen LogP contribution in [0.5, 0.6) is 0 Å². The van der Waals surface area contributed by atoms with E-state index in [4.69, 9.17) is 4.42 Å². The number of rotatable bonds is 5. The van der Waals surface area contributed by atoms with Crippen LogP contribution in [0, 0.1) is 0 Å². The molecule has 0 aliphatic carbocycles. The Morgan fingerprint density at radius 2 is 0.911 bits per heavy atom. The second-order valence-electron chi connectivity index (χ2n) is 11.7. The maximum Gasteiger partial charge on any atom is 0.180 e. The van der Waals surface area contributed by atoms with Crippen molar-refractivity contribution in [1.29, 1.82) is 0 Å². The van der Waals surface area contributed by atoms with Gasteiger partial charge in [-0.15, -0.1) is 0 Å². The SMILES string of the molecule is c1ccc([Si](c2ccccc2)(c2cccc(-n3c4ccccc4c4ccccc43)c2)c2cccc3oc4ccccc4c23)cc1. The van der Waals surface area contributed by atoms with Crippen LogP contribution < -0.4 is 20.7 Å². The topological polar surface area (TPSA) is 18.1 Å². The third-order valence-corrected chi connectivity index (χ3v) is 14.1. The molecule has 3 heteroatoms. The zero-order valence-electron chi connectivity index (χ0n) is 24.6. The van der Waals surface area contributed by atoms with Crippen LogP contribution in [0.2, 0.25) is 0 Å². The van der Waals surface area contributed by atoms with Crippen molar-refractivity contribution in [2.75, 3.05) is 0 Å². The maximum atomic E-state index is 6.49. The van der Waals surface area contributed by atoms with Gasteiger partial charge in [-0.25, -0.2) is 0 Å². The lowest BCUT2D eigenvalue weighted by atomic mass is 10.1. The van der Waals surface area contributed by atoms with Gasteiger partial charge < -0.3 is 8.98 Å². The standard InChI is InChI=1S/C42H29NOSi/c1-3-16-31(17-4-1)45(32-18-5-2-6-19-32,41-28-14-27-40-42(41)36-23-9-12-26-39(36)44-40)33-20-13-15-30(29-33)43-37-24-10-7-21-34(37)35-22-8-11-25-38(35)43/h1-29H. The minimum atomic E-state index is -2.90. The first-order valence-electron chi connectivity index (χ1n) is 15.4. The Labute approximate surface area is 262 Å². The van der Waals surface area contributed by atoms with Crippen LogP contribution in [0.25, 0.3) is 49.4 Å². The molecule has 0 amide bonds. The van der Waals surface area contributed by atoms with Gasteiger partial charge in [-0.1, -0.05) is 140 Å². The van der Waals surface area contributed by atoms with Gasteiger partial charge in [-0.2, -0.15) is 0 Å². The molecule has 0 aliphatic heterocycles. The molecule has 0 radical (unpaired) electrons. The molecule has 0 N–H and O–H groups in total. The van der Waals surface area contributed by atoms with Crippen molar-refractivity contribution in [3.8, 4) is 5.69 Å². The quantitative estimate of drug-likeness (QED) is 0.146. The van der Waals surface area contributed by atoms with Crippen LogP contribution in [0.1, 0.15) is 0 Å². The molecule has 0 saturated heterocycles. The van der Waals surface area contributed by atoms with Gasteiger partial charge in [0, 0.05) is 27.2 Å². The summed E-state index contributed by atoms with van der Waals surface area (Å²) in [5.41, 5.74) is 5.44. The predicted octanol–water partition coefficient (Wildman–Crippen LogP) is 8.06. The summed E-state index contributed by atoms with van der Waals surface area (Å²) in [6, 6.07) is 64.2. The minimum absolute atomic E-state index is 0.919. The Morgan fingerprint density at radius 1 is 0.400 bits per heavy atom. The smallest absolute Gasteiger partial charge is 0.180 e. The third-order valence-electron chi connectivity index (χ3n) is 9.34. The number of hydrogen-bond donors (Lipinski definition) is 0. The van der Waals surface area contributed by atoms with Gasteiger partial charge in [-0.3, -0.25) is 0 Å². The van der Waals surface area contributed by atoms with E-state index in [1.165, 1.54) is 47.9 Å². The Morgan fingerprint density at radius 3 is 1.58 bits per heavy atom. The van der Waals surface area contributed by atoms with Crippen LogP contribution in [0.4, 0.5) is 0 Å². The molecule has 0 atom stereocenters.